The molecule has 1 saturated heterocycles. The summed E-state index contributed by atoms with van der Waals surface area (Å²) in [5.41, 5.74) is 2.38. The second-order valence-corrected chi connectivity index (χ2v) is 8.95. The van der Waals surface area contributed by atoms with Crippen molar-refractivity contribution in [1.82, 2.24) is 15.5 Å². The molecule has 1 heterocycles. The summed E-state index contributed by atoms with van der Waals surface area (Å²) >= 11 is 6.45. The zero-order chi connectivity index (χ0) is 21.5. The number of benzene rings is 1. The van der Waals surface area contributed by atoms with Crippen LogP contribution >= 0.6 is 11.6 Å². The summed E-state index contributed by atoms with van der Waals surface area (Å²) in [6.45, 7) is 7.47. The van der Waals surface area contributed by atoms with Gasteiger partial charge in [-0.3, -0.25) is 4.90 Å². The minimum Gasteiger partial charge on any atom is -0.493 e. The van der Waals surface area contributed by atoms with Gasteiger partial charge >= 0.3 is 6.03 Å². The van der Waals surface area contributed by atoms with Crippen LogP contribution in [0, 0.1) is 5.92 Å². The van der Waals surface area contributed by atoms with Crippen LogP contribution in [0.1, 0.15) is 44.6 Å². The second kappa shape index (κ2) is 11.1. The first-order valence-corrected chi connectivity index (χ1v) is 11.7. The van der Waals surface area contributed by atoms with E-state index in [4.69, 9.17) is 16.3 Å². The van der Waals surface area contributed by atoms with Crippen LogP contribution in [-0.2, 0) is 6.42 Å². The Kier molecular flexibility index (Phi) is 8.51. The van der Waals surface area contributed by atoms with Gasteiger partial charge in [-0.05, 0) is 68.7 Å². The molecule has 2 N–H and O–H groups in total. The summed E-state index contributed by atoms with van der Waals surface area (Å²) in [5.74, 6) is 1.58. The molecule has 0 radical (unpaired) electrons. The summed E-state index contributed by atoms with van der Waals surface area (Å²) in [4.78, 5) is 16.5. The molecule has 1 saturated carbocycles. The Morgan fingerprint density at radius 1 is 1.17 bits per heavy atom. The fraction of sp³-hybridized carbons (Fsp3) is 0.696. The van der Waals surface area contributed by atoms with Crippen molar-refractivity contribution in [2.24, 2.45) is 5.92 Å². The number of carbonyl (C=O) groups is 1. The minimum absolute atomic E-state index is 0.0567. The van der Waals surface area contributed by atoms with Crippen molar-refractivity contribution in [3.8, 4) is 5.75 Å². The maximum atomic E-state index is 11.5. The van der Waals surface area contributed by atoms with Gasteiger partial charge in [-0.1, -0.05) is 18.5 Å². The predicted molar refractivity (Wildman–Crippen MR) is 124 cm³/mol. The van der Waals surface area contributed by atoms with Gasteiger partial charge in [-0.15, -0.1) is 0 Å². The largest absolute Gasteiger partial charge is 0.493 e. The molecule has 0 spiro atoms. The third-order valence-electron chi connectivity index (χ3n) is 6.67. The minimum atomic E-state index is -0.0567. The summed E-state index contributed by atoms with van der Waals surface area (Å²) in [6.07, 6.45) is 6.85. The van der Waals surface area contributed by atoms with Crippen molar-refractivity contribution in [1.29, 1.82) is 0 Å². The number of aryl methyl sites for hydroxylation is 1. The highest BCUT2D eigenvalue weighted by Crippen LogP contribution is 2.37. The number of hydrogen-bond donors (Lipinski definition) is 2. The number of ether oxygens (including phenoxy) is 1. The molecule has 30 heavy (non-hydrogen) atoms. The number of urea groups is 1. The second-order valence-electron chi connectivity index (χ2n) is 8.54. The van der Waals surface area contributed by atoms with E-state index in [1.807, 2.05) is 6.07 Å². The number of carbonyl (C=O) groups excluding carboxylic acids is 1. The van der Waals surface area contributed by atoms with Gasteiger partial charge < -0.3 is 20.3 Å². The molecular formula is C23H37ClN4O2. The van der Waals surface area contributed by atoms with E-state index < -0.39 is 0 Å². The molecule has 1 aromatic carbocycles. The zero-order valence-corrected chi connectivity index (χ0v) is 19.4. The maximum Gasteiger partial charge on any atom is 0.314 e. The van der Waals surface area contributed by atoms with Crippen LogP contribution < -0.4 is 20.3 Å². The van der Waals surface area contributed by atoms with Crippen LogP contribution in [0.5, 0.6) is 5.75 Å². The maximum absolute atomic E-state index is 11.5. The van der Waals surface area contributed by atoms with Crippen molar-refractivity contribution in [2.75, 3.05) is 51.8 Å². The third-order valence-corrected chi connectivity index (χ3v) is 6.95. The Morgan fingerprint density at radius 2 is 1.87 bits per heavy atom. The molecule has 1 aliphatic carbocycles. The number of nitrogens with one attached hydrogen (secondary N) is 2. The first-order chi connectivity index (χ1) is 14.5. The van der Waals surface area contributed by atoms with Crippen molar-refractivity contribution in [3.63, 3.8) is 0 Å². The molecule has 2 aliphatic rings. The molecule has 168 valence electrons. The van der Waals surface area contributed by atoms with E-state index in [-0.39, 0.29) is 6.03 Å². The van der Waals surface area contributed by atoms with E-state index >= 15 is 0 Å². The van der Waals surface area contributed by atoms with Gasteiger partial charge in [0.25, 0.3) is 0 Å². The van der Waals surface area contributed by atoms with Gasteiger partial charge in [-0.25, -0.2) is 4.79 Å². The molecule has 0 unspecified atom stereocenters. The van der Waals surface area contributed by atoms with Gasteiger partial charge in [0.05, 0.1) is 17.8 Å². The highest BCUT2D eigenvalue weighted by molar-refractivity contribution is 6.32. The van der Waals surface area contributed by atoms with E-state index in [0.29, 0.717) is 11.1 Å². The molecule has 2 amide bonds. The number of rotatable bonds is 7. The first kappa shape index (κ1) is 23.0. The fourth-order valence-electron chi connectivity index (χ4n) is 4.71. The molecule has 1 aliphatic heterocycles. The van der Waals surface area contributed by atoms with Crippen molar-refractivity contribution in [2.45, 2.75) is 51.5 Å². The monoisotopic (exact) mass is 436 g/mol. The van der Waals surface area contributed by atoms with Gasteiger partial charge in [0.2, 0.25) is 0 Å². The van der Waals surface area contributed by atoms with Crippen LogP contribution in [0.25, 0.3) is 0 Å². The molecule has 7 heteroatoms. The standard InChI is InChI=1S/C23H37ClN4O2/c1-4-17-15-20(24)22(30-3)21(16-17)28-13-11-27(12-14-28)10-9-18-5-7-19(8-6-18)26-23(29)25-2/h15-16,18-19H,4-14H2,1-3H3,(H2,25,26,29). The number of halogens is 1. The molecule has 0 atom stereocenters. The number of amides is 2. The lowest BCUT2D eigenvalue weighted by atomic mass is 9.84. The van der Waals surface area contributed by atoms with Gasteiger partial charge in [0.15, 0.2) is 5.75 Å². The molecule has 2 fully saturated rings. The quantitative estimate of drug-likeness (QED) is 0.680. The van der Waals surface area contributed by atoms with Gasteiger partial charge in [0, 0.05) is 39.3 Å². The van der Waals surface area contributed by atoms with Crippen LogP contribution in [-0.4, -0.2) is 63.9 Å². The molecule has 0 bridgehead atoms. The summed E-state index contributed by atoms with van der Waals surface area (Å²) in [6, 6.07) is 4.52. The highest BCUT2D eigenvalue weighted by Gasteiger charge is 2.25. The molecular weight excluding hydrogens is 400 g/mol. The first-order valence-electron chi connectivity index (χ1n) is 11.4. The molecule has 3 rings (SSSR count). The van der Waals surface area contributed by atoms with E-state index in [2.05, 4.69) is 33.4 Å². The lowest BCUT2D eigenvalue weighted by molar-refractivity contribution is 0.205. The van der Waals surface area contributed by atoms with E-state index in [1.165, 1.54) is 31.4 Å². The summed E-state index contributed by atoms with van der Waals surface area (Å²) in [5, 5.41) is 6.40. The Balaban J connectivity index is 1.44. The van der Waals surface area contributed by atoms with Crippen LogP contribution in [0.2, 0.25) is 5.02 Å². The topological polar surface area (TPSA) is 56.8 Å². The van der Waals surface area contributed by atoms with Gasteiger partial charge in [0.1, 0.15) is 0 Å². The van der Waals surface area contributed by atoms with Gasteiger partial charge in [-0.2, -0.15) is 0 Å². The fourth-order valence-corrected chi connectivity index (χ4v) is 5.02. The lowest BCUT2D eigenvalue weighted by Crippen LogP contribution is -2.47. The number of piperazine rings is 1. The Morgan fingerprint density at radius 3 is 2.47 bits per heavy atom. The average molecular weight is 437 g/mol. The summed E-state index contributed by atoms with van der Waals surface area (Å²) in [7, 11) is 3.37. The van der Waals surface area contributed by atoms with Crippen molar-refractivity contribution >= 4 is 23.3 Å². The number of methoxy groups -OCH3 is 1. The smallest absolute Gasteiger partial charge is 0.314 e. The molecule has 1 aromatic rings. The average Bonchev–Trinajstić information content (AvgIpc) is 2.78. The molecule has 0 aromatic heterocycles. The summed E-state index contributed by atoms with van der Waals surface area (Å²) < 4.78 is 5.60. The van der Waals surface area contributed by atoms with Crippen LogP contribution in [0.15, 0.2) is 12.1 Å². The van der Waals surface area contributed by atoms with Crippen LogP contribution in [0.4, 0.5) is 10.5 Å². The Hall–Kier alpha value is -1.66. The number of anilines is 1. The number of nitrogens with zero attached hydrogens (tertiary/aromatic N) is 2. The van der Waals surface area contributed by atoms with E-state index in [0.717, 1.165) is 62.8 Å². The van der Waals surface area contributed by atoms with Crippen molar-refractivity contribution in [3.05, 3.63) is 22.7 Å². The van der Waals surface area contributed by atoms with E-state index in [1.54, 1.807) is 14.2 Å². The normalized spacial score (nSPS) is 22.6. The van der Waals surface area contributed by atoms with Crippen molar-refractivity contribution < 1.29 is 9.53 Å². The molecule has 6 nitrogen and oxygen atoms in total. The third kappa shape index (κ3) is 5.94. The highest BCUT2D eigenvalue weighted by atomic mass is 35.5. The Bertz CT molecular complexity index is 699. The lowest BCUT2D eigenvalue weighted by Gasteiger charge is -2.38. The predicted octanol–water partition coefficient (Wildman–Crippen LogP) is 3.91. The SMILES string of the molecule is CCc1cc(Cl)c(OC)c(N2CCN(CCC3CCC(NC(=O)NC)CC3)CC2)c1. The Labute approximate surface area is 186 Å². The van der Waals surface area contributed by atoms with Crippen LogP contribution in [0.3, 0.4) is 0 Å². The van der Waals surface area contributed by atoms with E-state index in [9.17, 15) is 4.79 Å². The zero-order valence-electron chi connectivity index (χ0n) is 18.7. The number of hydrogen-bond acceptors (Lipinski definition) is 4.